The SMILES string of the molecule is CCOC1=Cc2nc(-c3ccc(C(F)(F)F)cc3)oc2C1. The number of halogens is 3. The van der Waals surface area contributed by atoms with Crippen LogP contribution in [0.4, 0.5) is 13.2 Å². The second-order valence-electron chi connectivity index (χ2n) is 4.62. The summed E-state index contributed by atoms with van der Waals surface area (Å²) in [6.45, 7) is 2.46. The number of nitrogens with zero attached hydrogens (tertiary/aromatic N) is 1. The van der Waals surface area contributed by atoms with Gasteiger partial charge in [0.15, 0.2) is 0 Å². The number of rotatable bonds is 3. The molecule has 21 heavy (non-hydrogen) atoms. The molecule has 0 saturated heterocycles. The molecule has 1 aromatic heterocycles. The van der Waals surface area contributed by atoms with Crippen molar-refractivity contribution in [3.8, 4) is 11.5 Å². The zero-order valence-electron chi connectivity index (χ0n) is 11.2. The quantitative estimate of drug-likeness (QED) is 0.847. The zero-order valence-corrected chi connectivity index (χ0v) is 11.2. The van der Waals surface area contributed by atoms with E-state index in [2.05, 4.69) is 4.98 Å². The molecule has 0 aliphatic heterocycles. The highest BCUT2D eigenvalue weighted by molar-refractivity contribution is 5.62. The molecule has 3 rings (SSSR count). The number of oxazole rings is 1. The molecule has 0 radical (unpaired) electrons. The van der Waals surface area contributed by atoms with E-state index in [1.165, 1.54) is 12.1 Å². The van der Waals surface area contributed by atoms with Gasteiger partial charge in [0.05, 0.1) is 18.6 Å². The van der Waals surface area contributed by atoms with Crippen molar-refractivity contribution in [3.05, 3.63) is 47.0 Å². The minimum Gasteiger partial charge on any atom is -0.498 e. The lowest BCUT2D eigenvalue weighted by Crippen LogP contribution is -2.03. The first-order valence-electron chi connectivity index (χ1n) is 6.48. The van der Waals surface area contributed by atoms with E-state index in [1.54, 1.807) is 6.08 Å². The molecule has 0 fully saturated rings. The van der Waals surface area contributed by atoms with E-state index in [0.29, 0.717) is 35.9 Å². The Labute approximate surface area is 119 Å². The summed E-state index contributed by atoms with van der Waals surface area (Å²) in [5.41, 5.74) is 0.501. The van der Waals surface area contributed by atoms with Gasteiger partial charge >= 0.3 is 6.18 Å². The molecule has 0 unspecified atom stereocenters. The summed E-state index contributed by atoms with van der Waals surface area (Å²) < 4.78 is 48.5. The van der Waals surface area contributed by atoms with Crippen molar-refractivity contribution >= 4 is 6.08 Å². The van der Waals surface area contributed by atoms with Gasteiger partial charge in [-0.2, -0.15) is 13.2 Å². The third-order valence-corrected chi connectivity index (χ3v) is 3.15. The fraction of sp³-hybridized carbons (Fsp3) is 0.267. The average molecular weight is 295 g/mol. The monoisotopic (exact) mass is 295 g/mol. The van der Waals surface area contributed by atoms with Crippen molar-refractivity contribution in [3.63, 3.8) is 0 Å². The topological polar surface area (TPSA) is 35.3 Å². The summed E-state index contributed by atoms with van der Waals surface area (Å²) in [7, 11) is 0. The molecule has 1 aliphatic carbocycles. The summed E-state index contributed by atoms with van der Waals surface area (Å²) in [5.74, 6) is 1.78. The summed E-state index contributed by atoms with van der Waals surface area (Å²) in [4.78, 5) is 4.28. The Morgan fingerprint density at radius 1 is 1.24 bits per heavy atom. The zero-order chi connectivity index (χ0) is 15.0. The second kappa shape index (κ2) is 4.95. The first-order chi connectivity index (χ1) is 9.97. The Morgan fingerprint density at radius 2 is 1.95 bits per heavy atom. The van der Waals surface area contributed by atoms with Crippen molar-refractivity contribution in [2.24, 2.45) is 0 Å². The molecule has 0 N–H and O–H groups in total. The lowest BCUT2D eigenvalue weighted by molar-refractivity contribution is -0.137. The Balaban J connectivity index is 1.85. The van der Waals surface area contributed by atoms with Crippen LogP contribution < -0.4 is 0 Å². The van der Waals surface area contributed by atoms with Gasteiger partial charge in [0, 0.05) is 11.6 Å². The van der Waals surface area contributed by atoms with Gasteiger partial charge in [0.25, 0.3) is 0 Å². The number of aromatic nitrogens is 1. The molecule has 0 atom stereocenters. The number of ether oxygens (including phenoxy) is 1. The first kappa shape index (κ1) is 13.7. The number of fused-ring (bicyclic) bond motifs is 1. The molecule has 2 aromatic rings. The normalized spacial score (nSPS) is 14.0. The number of alkyl halides is 3. The molecule has 6 heteroatoms. The van der Waals surface area contributed by atoms with Crippen LogP contribution in [-0.2, 0) is 17.3 Å². The van der Waals surface area contributed by atoms with Crippen LogP contribution in [0.3, 0.4) is 0 Å². The minimum atomic E-state index is -4.34. The van der Waals surface area contributed by atoms with Gasteiger partial charge in [0.2, 0.25) is 5.89 Å². The maximum Gasteiger partial charge on any atom is 0.416 e. The summed E-state index contributed by atoms with van der Waals surface area (Å²) in [6, 6.07) is 4.76. The highest BCUT2D eigenvalue weighted by Gasteiger charge is 2.30. The van der Waals surface area contributed by atoms with Gasteiger partial charge < -0.3 is 9.15 Å². The van der Waals surface area contributed by atoms with Crippen molar-refractivity contribution in [2.45, 2.75) is 19.5 Å². The predicted molar refractivity (Wildman–Crippen MR) is 70.2 cm³/mol. The van der Waals surface area contributed by atoms with E-state index < -0.39 is 11.7 Å². The lowest BCUT2D eigenvalue weighted by Gasteiger charge is -2.06. The van der Waals surface area contributed by atoms with Crippen LogP contribution >= 0.6 is 0 Å². The van der Waals surface area contributed by atoms with Crippen molar-refractivity contribution < 1.29 is 22.3 Å². The molecule has 1 aliphatic rings. The largest absolute Gasteiger partial charge is 0.498 e. The van der Waals surface area contributed by atoms with Gasteiger partial charge in [-0.15, -0.1) is 0 Å². The highest BCUT2D eigenvalue weighted by atomic mass is 19.4. The van der Waals surface area contributed by atoms with Crippen LogP contribution in [0, 0.1) is 0 Å². The summed E-state index contributed by atoms with van der Waals surface area (Å²) in [5, 5.41) is 0. The van der Waals surface area contributed by atoms with Gasteiger partial charge in [-0.05, 0) is 31.2 Å². The molecule has 0 bridgehead atoms. The van der Waals surface area contributed by atoms with E-state index in [-0.39, 0.29) is 0 Å². The molecule has 0 saturated carbocycles. The Kier molecular flexibility index (Phi) is 3.23. The Hall–Kier alpha value is -2.24. The van der Waals surface area contributed by atoms with Gasteiger partial charge in [-0.1, -0.05) is 0 Å². The molecule has 1 heterocycles. The second-order valence-corrected chi connectivity index (χ2v) is 4.62. The van der Waals surface area contributed by atoms with Crippen LogP contribution in [0.2, 0.25) is 0 Å². The van der Waals surface area contributed by atoms with E-state index in [4.69, 9.17) is 9.15 Å². The summed E-state index contributed by atoms with van der Waals surface area (Å²) in [6.07, 6.45) is -2.03. The third-order valence-electron chi connectivity index (χ3n) is 3.15. The van der Waals surface area contributed by atoms with Crippen LogP contribution in [-0.4, -0.2) is 11.6 Å². The van der Waals surface area contributed by atoms with E-state index >= 15 is 0 Å². The molecule has 1 aromatic carbocycles. The first-order valence-corrected chi connectivity index (χ1v) is 6.48. The van der Waals surface area contributed by atoms with E-state index in [1.807, 2.05) is 6.92 Å². The lowest BCUT2D eigenvalue weighted by atomic mass is 10.1. The molecular formula is C15H12F3NO2. The van der Waals surface area contributed by atoms with Crippen molar-refractivity contribution in [2.75, 3.05) is 6.61 Å². The molecule has 0 spiro atoms. The van der Waals surface area contributed by atoms with Crippen LogP contribution in [0.5, 0.6) is 0 Å². The summed E-state index contributed by atoms with van der Waals surface area (Å²) >= 11 is 0. The van der Waals surface area contributed by atoms with E-state index in [0.717, 1.165) is 17.9 Å². The molecule has 3 nitrogen and oxygen atoms in total. The number of benzene rings is 1. The van der Waals surface area contributed by atoms with Crippen LogP contribution in [0.1, 0.15) is 23.9 Å². The van der Waals surface area contributed by atoms with Crippen molar-refractivity contribution in [1.82, 2.24) is 4.98 Å². The fourth-order valence-corrected chi connectivity index (χ4v) is 2.17. The van der Waals surface area contributed by atoms with Gasteiger partial charge in [0.1, 0.15) is 17.2 Å². The van der Waals surface area contributed by atoms with Gasteiger partial charge in [-0.3, -0.25) is 0 Å². The Morgan fingerprint density at radius 3 is 2.52 bits per heavy atom. The van der Waals surface area contributed by atoms with Crippen LogP contribution in [0.25, 0.3) is 17.5 Å². The maximum absolute atomic E-state index is 12.5. The van der Waals surface area contributed by atoms with E-state index in [9.17, 15) is 13.2 Å². The van der Waals surface area contributed by atoms with Crippen LogP contribution in [0.15, 0.2) is 34.4 Å². The molecule has 110 valence electrons. The smallest absolute Gasteiger partial charge is 0.416 e. The number of allylic oxidation sites excluding steroid dienone is 1. The Bertz CT molecular complexity index is 684. The number of hydrogen-bond donors (Lipinski definition) is 0. The van der Waals surface area contributed by atoms with Gasteiger partial charge in [-0.25, -0.2) is 4.98 Å². The molecular weight excluding hydrogens is 283 g/mol. The predicted octanol–water partition coefficient (Wildman–Crippen LogP) is 4.29. The number of hydrogen-bond acceptors (Lipinski definition) is 3. The fourth-order valence-electron chi connectivity index (χ4n) is 2.17. The molecule has 0 amide bonds. The third kappa shape index (κ3) is 2.66. The average Bonchev–Trinajstić information content (AvgIpc) is 2.96. The highest BCUT2D eigenvalue weighted by Crippen LogP contribution is 2.33. The van der Waals surface area contributed by atoms with Crippen molar-refractivity contribution in [1.29, 1.82) is 0 Å². The minimum absolute atomic E-state index is 0.320. The standard InChI is InChI=1S/C15H12F3NO2/c1-2-20-11-7-12-13(8-11)21-14(19-12)9-3-5-10(6-4-9)15(16,17)18/h3-7H,2,8H2,1H3. The maximum atomic E-state index is 12.5.